The summed E-state index contributed by atoms with van der Waals surface area (Å²) in [5, 5.41) is 3.35. The molecule has 1 aromatic rings. The third-order valence-corrected chi connectivity index (χ3v) is 4.18. The van der Waals surface area contributed by atoms with Crippen molar-refractivity contribution in [2.45, 2.75) is 26.7 Å². The molecule has 20 heavy (non-hydrogen) atoms. The minimum absolute atomic E-state index is 0.295. The van der Waals surface area contributed by atoms with Gasteiger partial charge in [-0.1, -0.05) is 19.1 Å². The van der Waals surface area contributed by atoms with Gasteiger partial charge in [0, 0.05) is 12.2 Å². The van der Waals surface area contributed by atoms with Crippen molar-refractivity contribution in [3.63, 3.8) is 0 Å². The predicted molar refractivity (Wildman–Crippen MR) is 86.0 cm³/mol. The summed E-state index contributed by atoms with van der Waals surface area (Å²) in [6, 6.07) is 1.81. The molecule has 110 valence electrons. The number of thiocarbonyl (C=S) groups is 1. The molecule has 2 heterocycles. The van der Waals surface area contributed by atoms with E-state index in [9.17, 15) is 0 Å². The summed E-state index contributed by atoms with van der Waals surface area (Å²) in [5.74, 6) is 0.618. The molecule has 0 spiro atoms. The van der Waals surface area contributed by atoms with E-state index in [4.69, 9.17) is 18.0 Å². The van der Waals surface area contributed by atoms with Crippen LogP contribution in [0.2, 0.25) is 0 Å². The third kappa shape index (κ3) is 3.86. The first-order valence-corrected chi connectivity index (χ1v) is 7.37. The molecule has 1 fully saturated rings. The highest BCUT2D eigenvalue weighted by atomic mass is 32.1. The van der Waals surface area contributed by atoms with Gasteiger partial charge in [-0.2, -0.15) is 0 Å². The fourth-order valence-electron chi connectivity index (χ4n) is 2.40. The minimum atomic E-state index is 0.295. The summed E-state index contributed by atoms with van der Waals surface area (Å²) in [6.45, 7) is 7.40. The first-order valence-electron chi connectivity index (χ1n) is 6.96. The molecule has 1 aliphatic rings. The van der Waals surface area contributed by atoms with Gasteiger partial charge in [0.1, 0.15) is 10.7 Å². The van der Waals surface area contributed by atoms with Gasteiger partial charge in [-0.25, -0.2) is 9.97 Å². The van der Waals surface area contributed by atoms with Gasteiger partial charge in [0.15, 0.2) is 0 Å². The van der Waals surface area contributed by atoms with Crippen molar-refractivity contribution in [3.8, 4) is 0 Å². The number of likely N-dealkylation sites (tertiary alicyclic amines) is 1. The van der Waals surface area contributed by atoms with Gasteiger partial charge >= 0.3 is 0 Å². The van der Waals surface area contributed by atoms with Crippen LogP contribution in [0.3, 0.4) is 0 Å². The van der Waals surface area contributed by atoms with E-state index in [1.54, 1.807) is 0 Å². The molecule has 0 aromatic carbocycles. The van der Waals surface area contributed by atoms with Crippen molar-refractivity contribution in [2.75, 3.05) is 32.0 Å². The Labute approximate surface area is 126 Å². The summed E-state index contributed by atoms with van der Waals surface area (Å²) in [5.41, 5.74) is 7.44. The lowest BCUT2D eigenvalue weighted by Crippen LogP contribution is -2.40. The highest BCUT2D eigenvalue weighted by Crippen LogP contribution is 2.30. The molecular weight excluding hydrogens is 270 g/mol. The van der Waals surface area contributed by atoms with E-state index < -0.39 is 0 Å². The first-order chi connectivity index (χ1) is 9.38. The number of anilines is 1. The lowest BCUT2D eigenvalue weighted by atomic mass is 9.80. The van der Waals surface area contributed by atoms with E-state index in [1.165, 1.54) is 12.8 Å². The largest absolute Gasteiger partial charge is 0.388 e. The smallest absolute Gasteiger partial charge is 0.223 e. The second-order valence-corrected chi connectivity index (χ2v) is 6.49. The van der Waals surface area contributed by atoms with E-state index in [0.717, 1.165) is 25.3 Å². The van der Waals surface area contributed by atoms with Gasteiger partial charge in [-0.05, 0) is 51.4 Å². The summed E-state index contributed by atoms with van der Waals surface area (Å²) in [6.07, 6.45) is 2.37. The first kappa shape index (κ1) is 15.1. The van der Waals surface area contributed by atoms with Crippen LogP contribution in [0.15, 0.2) is 6.07 Å². The van der Waals surface area contributed by atoms with Gasteiger partial charge < -0.3 is 16.0 Å². The zero-order chi connectivity index (χ0) is 14.8. The Morgan fingerprint density at radius 2 is 2.10 bits per heavy atom. The van der Waals surface area contributed by atoms with Crippen molar-refractivity contribution in [2.24, 2.45) is 11.1 Å². The molecule has 0 unspecified atom stereocenters. The van der Waals surface area contributed by atoms with Crippen LogP contribution < -0.4 is 11.1 Å². The maximum atomic E-state index is 5.64. The Balaban J connectivity index is 2.02. The van der Waals surface area contributed by atoms with Crippen LogP contribution in [0.1, 0.15) is 31.2 Å². The second-order valence-electron chi connectivity index (χ2n) is 6.05. The molecule has 6 heteroatoms. The molecule has 0 atom stereocenters. The topological polar surface area (TPSA) is 67.1 Å². The van der Waals surface area contributed by atoms with Gasteiger partial charge in [0.2, 0.25) is 5.95 Å². The maximum Gasteiger partial charge on any atom is 0.223 e. The number of hydrogen-bond donors (Lipinski definition) is 2. The number of hydrogen-bond acceptors (Lipinski definition) is 5. The molecule has 0 amide bonds. The molecule has 0 aliphatic carbocycles. The quantitative estimate of drug-likeness (QED) is 0.821. The summed E-state index contributed by atoms with van der Waals surface area (Å²) in [4.78, 5) is 11.4. The Hall–Kier alpha value is -1.27. The second kappa shape index (κ2) is 6.01. The van der Waals surface area contributed by atoms with Gasteiger partial charge in [0.25, 0.3) is 0 Å². The van der Waals surface area contributed by atoms with E-state index in [2.05, 4.69) is 34.2 Å². The highest BCUT2D eigenvalue weighted by Gasteiger charge is 2.28. The molecule has 0 saturated carbocycles. The zero-order valence-corrected chi connectivity index (χ0v) is 13.3. The summed E-state index contributed by atoms with van der Waals surface area (Å²) in [7, 11) is 2.17. The standard InChI is InChI=1S/C14H23N5S/c1-10-8-11(12(15)20)18-13(17-10)16-9-14(2)4-6-19(3)7-5-14/h8H,4-7,9H2,1-3H3,(H2,15,20)(H,16,17,18). The monoisotopic (exact) mass is 293 g/mol. The predicted octanol–water partition coefficient (Wildman–Crippen LogP) is 1.56. The lowest BCUT2D eigenvalue weighted by molar-refractivity contribution is 0.150. The van der Waals surface area contributed by atoms with Crippen LogP contribution in [-0.4, -0.2) is 46.5 Å². The van der Waals surface area contributed by atoms with Crippen molar-refractivity contribution in [3.05, 3.63) is 17.5 Å². The molecular formula is C14H23N5S. The van der Waals surface area contributed by atoms with Crippen LogP contribution in [0, 0.1) is 12.3 Å². The van der Waals surface area contributed by atoms with E-state index in [-0.39, 0.29) is 0 Å². The number of nitrogens with zero attached hydrogens (tertiary/aromatic N) is 3. The Morgan fingerprint density at radius 3 is 2.70 bits per heavy atom. The molecule has 5 nitrogen and oxygen atoms in total. The lowest BCUT2D eigenvalue weighted by Gasteiger charge is -2.37. The number of aryl methyl sites for hydroxylation is 1. The van der Waals surface area contributed by atoms with Crippen LogP contribution >= 0.6 is 12.2 Å². The van der Waals surface area contributed by atoms with E-state index in [0.29, 0.717) is 22.0 Å². The van der Waals surface area contributed by atoms with Crippen LogP contribution in [-0.2, 0) is 0 Å². The van der Waals surface area contributed by atoms with Crippen molar-refractivity contribution < 1.29 is 0 Å². The number of aromatic nitrogens is 2. The summed E-state index contributed by atoms with van der Waals surface area (Å²) >= 11 is 4.98. The van der Waals surface area contributed by atoms with Crippen LogP contribution in [0.5, 0.6) is 0 Å². The average molecular weight is 293 g/mol. The van der Waals surface area contributed by atoms with Gasteiger partial charge in [-0.3, -0.25) is 0 Å². The molecule has 2 rings (SSSR count). The average Bonchev–Trinajstić information content (AvgIpc) is 2.40. The molecule has 1 saturated heterocycles. The van der Waals surface area contributed by atoms with Crippen molar-refractivity contribution >= 4 is 23.2 Å². The molecule has 1 aliphatic heterocycles. The van der Waals surface area contributed by atoms with Gasteiger partial charge in [-0.15, -0.1) is 0 Å². The Bertz CT molecular complexity index is 494. The Kier molecular flexibility index (Phi) is 4.55. The van der Waals surface area contributed by atoms with Crippen LogP contribution in [0.4, 0.5) is 5.95 Å². The van der Waals surface area contributed by atoms with Crippen molar-refractivity contribution in [1.82, 2.24) is 14.9 Å². The molecule has 3 N–H and O–H groups in total. The van der Waals surface area contributed by atoms with Crippen molar-refractivity contribution in [1.29, 1.82) is 0 Å². The fraction of sp³-hybridized carbons (Fsp3) is 0.643. The summed E-state index contributed by atoms with van der Waals surface area (Å²) < 4.78 is 0. The zero-order valence-electron chi connectivity index (χ0n) is 12.4. The number of rotatable bonds is 4. The molecule has 1 aromatic heterocycles. The van der Waals surface area contributed by atoms with E-state index in [1.807, 2.05) is 13.0 Å². The van der Waals surface area contributed by atoms with E-state index >= 15 is 0 Å². The normalized spacial score (nSPS) is 18.8. The SMILES string of the molecule is Cc1cc(C(N)=S)nc(NCC2(C)CCN(C)CC2)n1. The minimum Gasteiger partial charge on any atom is -0.388 e. The maximum absolute atomic E-state index is 5.64. The number of nitrogens with two attached hydrogens (primary N) is 1. The molecule has 0 radical (unpaired) electrons. The number of piperidine rings is 1. The molecule has 0 bridgehead atoms. The third-order valence-electron chi connectivity index (χ3n) is 3.97. The van der Waals surface area contributed by atoms with Gasteiger partial charge in [0.05, 0.1) is 0 Å². The Morgan fingerprint density at radius 1 is 1.45 bits per heavy atom. The highest BCUT2D eigenvalue weighted by molar-refractivity contribution is 7.80. The van der Waals surface area contributed by atoms with Crippen LogP contribution in [0.25, 0.3) is 0 Å². The fourth-order valence-corrected chi connectivity index (χ4v) is 2.51. The number of nitrogens with one attached hydrogen (secondary N) is 1.